The van der Waals surface area contributed by atoms with Gasteiger partial charge in [0.25, 0.3) is 5.91 Å². The highest BCUT2D eigenvalue weighted by Crippen LogP contribution is 2.70. The fourth-order valence-corrected chi connectivity index (χ4v) is 4.89. The predicted octanol–water partition coefficient (Wildman–Crippen LogP) is 1.35. The number of hydrogen-bond acceptors (Lipinski definition) is 4. The molecule has 2 atom stereocenters. The summed E-state index contributed by atoms with van der Waals surface area (Å²) in [5, 5.41) is 10.1. The Morgan fingerprint density at radius 3 is 2.77 bits per heavy atom. The molecule has 1 aromatic rings. The third kappa shape index (κ3) is 2.21. The fraction of sp³-hybridized carbons (Fsp3) is 0.722. The highest BCUT2D eigenvalue weighted by Gasteiger charge is 2.73. The van der Waals surface area contributed by atoms with Gasteiger partial charge in [-0.25, -0.2) is 4.79 Å². The van der Waals surface area contributed by atoms with Crippen molar-refractivity contribution in [1.82, 2.24) is 20.0 Å². The van der Waals surface area contributed by atoms with Crippen molar-refractivity contribution in [2.75, 3.05) is 31.6 Å². The van der Waals surface area contributed by atoms with E-state index in [0.29, 0.717) is 23.8 Å². The number of aryl methyl sites for hydroxylation is 1. The number of amides is 3. The maximum atomic E-state index is 12.5. The van der Waals surface area contributed by atoms with Crippen LogP contribution in [0.3, 0.4) is 0 Å². The molecule has 8 heteroatoms. The van der Waals surface area contributed by atoms with Gasteiger partial charge in [-0.3, -0.25) is 9.48 Å². The van der Waals surface area contributed by atoms with E-state index in [-0.39, 0.29) is 23.0 Å². The van der Waals surface area contributed by atoms with E-state index < -0.39 is 0 Å². The first-order valence-electron chi connectivity index (χ1n) is 9.55. The molecular weight excluding hydrogens is 334 g/mol. The summed E-state index contributed by atoms with van der Waals surface area (Å²) < 4.78 is 7.62. The van der Waals surface area contributed by atoms with Crippen LogP contribution in [0, 0.1) is 11.3 Å². The van der Waals surface area contributed by atoms with E-state index in [0.717, 1.165) is 45.4 Å². The molecule has 26 heavy (non-hydrogen) atoms. The summed E-state index contributed by atoms with van der Waals surface area (Å²) in [4.78, 5) is 26.7. The van der Waals surface area contributed by atoms with Crippen molar-refractivity contribution in [3.63, 3.8) is 0 Å². The molecule has 2 saturated heterocycles. The van der Waals surface area contributed by atoms with E-state index in [1.54, 1.807) is 22.8 Å². The van der Waals surface area contributed by atoms with Gasteiger partial charge in [0.2, 0.25) is 0 Å². The Kier molecular flexibility index (Phi) is 3.38. The molecule has 1 spiro atoms. The van der Waals surface area contributed by atoms with Gasteiger partial charge in [-0.05, 0) is 38.0 Å². The molecule has 2 aliphatic carbocycles. The summed E-state index contributed by atoms with van der Waals surface area (Å²) >= 11 is 0. The minimum Gasteiger partial charge on any atom is -0.374 e. The van der Waals surface area contributed by atoms with E-state index in [4.69, 9.17) is 4.74 Å². The SMILES string of the molecule is Cn1cc(NC(=O)NC[C@]23C[C@H]2COC32CCC2)c(C(=O)N2CCC2)n1. The molecule has 4 fully saturated rings. The Balaban J connectivity index is 1.23. The van der Waals surface area contributed by atoms with Gasteiger partial charge in [0.15, 0.2) is 5.69 Å². The molecule has 0 bridgehead atoms. The van der Waals surface area contributed by atoms with E-state index in [1.165, 1.54) is 6.42 Å². The monoisotopic (exact) mass is 359 g/mol. The van der Waals surface area contributed by atoms with Gasteiger partial charge >= 0.3 is 6.03 Å². The van der Waals surface area contributed by atoms with Crippen molar-refractivity contribution in [3.05, 3.63) is 11.9 Å². The van der Waals surface area contributed by atoms with Crippen LogP contribution in [0.4, 0.5) is 10.5 Å². The third-order valence-corrected chi connectivity index (χ3v) is 6.85. The van der Waals surface area contributed by atoms with Crippen molar-refractivity contribution in [3.8, 4) is 0 Å². The van der Waals surface area contributed by atoms with Gasteiger partial charge in [-0.2, -0.15) is 5.10 Å². The molecule has 4 aliphatic rings. The minimum atomic E-state index is -0.281. The summed E-state index contributed by atoms with van der Waals surface area (Å²) in [5.41, 5.74) is 0.920. The number of aromatic nitrogens is 2. The summed E-state index contributed by atoms with van der Waals surface area (Å²) in [7, 11) is 1.75. The van der Waals surface area contributed by atoms with Gasteiger partial charge in [0.05, 0.1) is 17.9 Å². The van der Waals surface area contributed by atoms with Crippen molar-refractivity contribution in [2.45, 2.75) is 37.7 Å². The topological polar surface area (TPSA) is 88.5 Å². The summed E-state index contributed by atoms with van der Waals surface area (Å²) in [6.07, 6.45) is 7.30. The second-order valence-electron chi connectivity index (χ2n) is 8.23. The van der Waals surface area contributed by atoms with Gasteiger partial charge in [0, 0.05) is 38.3 Å². The number of ether oxygens (including phenoxy) is 1. The molecule has 140 valence electrons. The Morgan fingerprint density at radius 2 is 2.15 bits per heavy atom. The molecule has 2 saturated carbocycles. The van der Waals surface area contributed by atoms with Crippen molar-refractivity contribution in [2.24, 2.45) is 18.4 Å². The minimum absolute atomic E-state index is 0.0118. The summed E-state index contributed by atoms with van der Waals surface area (Å²) in [6, 6.07) is -0.281. The molecule has 2 aliphatic heterocycles. The highest BCUT2D eigenvalue weighted by atomic mass is 16.5. The van der Waals surface area contributed by atoms with Gasteiger partial charge < -0.3 is 20.3 Å². The van der Waals surface area contributed by atoms with E-state index in [2.05, 4.69) is 15.7 Å². The standard InChI is InChI=1S/C18H25N5O3/c1-22-9-13(14(21-22)15(24)23-6-3-7-23)20-16(25)19-11-17-8-12(17)10-26-18(17)4-2-5-18/h9,12H,2-8,10-11H2,1H3,(H2,19,20,25)/t12-,17+/m0/s1. The van der Waals surface area contributed by atoms with Crippen LogP contribution in [0.5, 0.6) is 0 Å². The first-order valence-corrected chi connectivity index (χ1v) is 9.55. The number of carbonyl (C=O) groups excluding carboxylic acids is 2. The number of fused-ring (bicyclic) bond motifs is 2. The lowest BCUT2D eigenvalue weighted by molar-refractivity contribution is -0.109. The maximum absolute atomic E-state index is 12.5. The molecule has 3 amide bonds. The first-order chi connectivity index (χ1) is 12.5. The molecule has 3 heterocycles. The quantitative estimate of drug-likeness (QED) is 0.849. The van der Waals surface area contributed by atoms with Crippen LogP contribution < -0.4 is 10.6 Å². The van der Waals surface area contributed by atoms with Crippen molar-refractivity contribution >= 4 is 17.6 Å². The Labute approximate surface area is 152 Å². The van der Waals surface area contributed by atoms with Gasteiger partial charge in [-0.1, -0.05) is 0 Å². The second-order valence-corrected chi connectivity index (χ2v) is 8.23. The lowest BCUT2D eigenvalue weighted by Gasteiger charge is -2.45. The average molecular weight is 359 g/mol. The number of rotatable bonds is 4. The number of likely N-dealkylation sites (tertiary alicyclic amines) is 1. The molecule has 1 aromatic heterocycles. The zero-order valence-electron chi connectivity index (χ0n) is 15.1. The molecule has 0 radical (unpaired) electrons. The number of anilines is 1. The van der Waals surface area contributed by atoms with Gasteiger partial charge in [-0.15, -0.1) is 0 Å². The van der Waals surface area contributed by atoms with Crippen LogP contribution in [-0.2, 0) is 11.8 Å². The molecular formula is C18H25N5O3. The summed E-state index contributed by atoms with van der Waals surface area (Å²) in [5.74, 6) is 0.468. The van der Waals surface area contributed by atoms with Crippen LogP contribution in [-0.4, -0.2) is 58.5 Å². The van der Waals surface area contributed by atoms with Crippen molar-refractivity contribution < 1.29 is 14.3 Å². The van der Waals surface area contributed by atoms with Crippen LogP contribution in [0.2, 0.25) is 0 Å². The van der Waals surface area contributed by atoms with Crippen LogP contribution >= 0.6 is 0 Å². The molecule has 0 unspecified atom stereocenters. The molecule has 5 rings (SSSR count). The smallest absolute Gasteiger partial charge is 0.319 e. The largest absolute Gasteiger partial charge is 0.374 e. The first kappa shape index (κ1) is 16.1. The number of nitrogens with zero attached hydrogens (tertiary/aromatic N) is 3. The third-order valence-electron chi connectivity index (χ3n) is 6.85. The van der Waals surface area contributed by atoms with Crippen molar-refractivity contribution in [1.29, 1.82) is 0 Å². The number of nitrogens with one attached hydrogen (secondary N) is 2. The Morgan fingerprint density at radius 1 is 1.35 bits per heavy atom. The zero-order chi connectivity index (χ0) is 17.9. The number of carbonyl (C=O) groups is 2. The lowest BCUT2D eigenvalue weighted by Crippen LogP contribution is -2.51. The second kappa shape index (κ2) is 5.45. The fourth-order valence-electron chi connectivity index (χ4n) is 4.89. The van der Waals surface area contributed by atoms with Crippen LogP contribution in [0.25, 0.3) is 0 Å². The van der Waals surface area contributed by atoms with E-state index in [9.17, 15) is 9.59 Å². The Hall–Kier alpha value is -2.09. The highest BCUT2D eigenvalue weighted by molar-refractivity contribution is 6.02. The average Bonchev–Trinajstić information content (AvgIpc) is 2.95. The predicted molar refractivity (Wildman–Crippen MR) is 93.8 cm³/mol. The van der Waals surface area contributed by atoms with Gasteiger partial charge in [0.1, 0.15) is 0 Å². The maximum Gasteiger partial charge on any atom is 0.319 e. The zero-order valence-corrected chi connectivity index (χ0v) is 15.1. The van der Waals surface area contributed by atoms with E-state index in [1.807, 2.05) is 0 Å². The normalized spacial score (nSPS) is 30.3. The van der Waals surface area contributed by atoms with Crippen LogP contribution in [0.1, 0.15) is 42.6 Å². The lowest BCUT2D eigenvalue weighted by atomic mass is 9.68. The van der Waals surface area contributed by atoms with Crippen LogP contribution in [0.15, 0.2) is 6.20 Å². The van der Waals surface area contributed by atoms with E-state index >= 15 is 0 Å². The molecule has 8 nitrogen and oxygen atoms in total. The number of hydrogen-bond donors (Lipinski definition) is 2. The molecule has 0 aromatic carbocycles. The number of urea groups is 1. The summed E-state index contributed by atoms with van der Waals surface area (Å²) in [6.45, 7) is 2.99. The molecule has 2 N–H and O–H groups in total. The Bertz CT molecular complexity index is 767.